The maximum Gasteiger partial charge on any atom is 0.257 e. The van der Waals surface area contributed by atoms with Crippen molar-refractivity contribution < 1.29 is 9.63 Å². The number of rotatable bonds is 4. The van der Waals surface area contributed by atoms with Gasteiger partial charge < -0.3 is 9.63 Å². The van der Waals surface area contributed by atoms with Crippen molar-refractivity contribution >= 4 is 0 Å². The standard InChI is InChI=1S/C14H15N5O2/c1-9-4-3-5-11(6-9)14-15-13(17-21-14)8-19-7-12(10(2)20)16-18-19/h3-7,10,20H,8H2,1-2H3. The van der Waals surface area contributed by atoms with Gasteiger partial charge in [0.25, 0.3) is 5.89 Å². The topological polar surface area (TPSA) is 89.9 Å². The molecule has 0 radical (unpaired) electrons. The lowest BCUT2D eigenvalue weighted by Gasteiger charge is -1.96. The van der Waals surface area contributed by atoms with E-state index in [4.69, 9.17) is 4.52 Å². The largest absolute Gasteiger partial charge is 0.387 e. The summed E-state index contributed by atoms with van der Waals surface area (Å²) in [6.45, 7) is 3.99. The molecule has 0 aliphatic carbocycles. The number of nitrogens with zero attached hydrogens (tertiary/aromatic N) is 5. The third-order valence-electron chi connectivity index (χ3n) is 3.02. The van der Waals surface area contributed by atoms with Crippen molar-refractivity contribution in [1.82, 2.24) is 25.1 Å². The minimum atomic E-state index is -0.646. The van der Waals surface area contributed by atoms with Crippen LogP contribution in [0.1, 0.15) is 30.1 Å². The van der Waals surface area contributed by atoms with Crippen molar-refractivity contribution in [3.05, 3.63) is 47.5 Å². The van der Waals surface area contributed by atoms with E-state index >= 15 is 0 Å². The maximum atomic E-state index is 9.42. The van der Waals surface area contributed by atoms with Gasteiger partial charge in [-0.3, -0.25) is 0 Å². The Morgan fingerprint density at radius 3 is 2.95 bits per heavy atom. The predicted molar refractivity (Wildman–Crippen MR) is 74.2 cm³/mol. The molecule has 0 fully saturated rings. The van der Waals surface area contributed by atoms with Crippen LogP contribution in [0.4, 0.5) is 0 Å². The lowest BCUT2D eigenvalue weighted by Crippen LogP contribution is -2.02. The van der Waals surface area contributed by atoms with E-state index in [9.17, 15) is 5.11 Å². The number of aromatic nitrogens is 5. The summed E-state index contributed by atoms with van der Waals surface area (Å²) < 4.78 is 6.82. The number of aliphatic hydroxyl groups is 1. The Bertz CT molecular complexity index is 747. The molecule has 1 N–H and O–H groups in total. The summed E-state index contributed by atoms with van der Waals surface area (Å²) in [7, 11) is 0. The Hall–Kier alpha value is -2.54. The molecule has 0 saturated carbocycles. The molecule has 3 rings (SSSR count). The Morgan fingerprint density at radius 1 is 1.38 bits per heavy atom. The van der Waals surface area contributed by atoms with E-state index in [2.05, 4.69) is 20.5 Å². The van der Waals surface area contributed by atoms with E-state index in [0.717, 1.165) is 11.1 Å². The first-order chi connectivity index (χ1) is 10.1. The smallest absolute Gasteiger partial charge is 0.257 e. The molecule has 7 nitrogen and oxygen atoms in total. The number of hydrogen-bond acceptors (Lipinski definition) is 6. The number of aliphatic hydroxyl groups excluding tert-OH is 1. The summed E-state index contributed by atoms with van der Waals surface area (Å²) in [4.78, 5) is 4.34. The van der Waals surface area contributed by atoms with Crippen LogP contribution in [0.5, 0.6) is 0 Å². The zero-order valence-electron chi connectivity index (χ0n) is 11.8. The fourth-order valence-electron chi connectivity index (χ4n) is 1.94. The lowest BCUT2D eigenvalue weighted by molar-refractivity contribution is 0.194. The first-order valence-electron chi connectivity index (χ1n) is 6.59. The monoisotopic (exact) mass is 285 g/mol. The highest BCUT2D eigenvalue weighted by Crippen LogP contribution is 2.18. The summed E-state index contributed by atoms with van der Waals surface area (Å²) in [6, 6.07) is 7.86. The Morgan fingerprint density at radius 2 is 2.24 bits per heavy atom. The molecule has 1 unspecified atom stereocenters. The third-order valence-corrected chi connectivity index (χ3v) is 3.02. The van der Waals surface area contributed by atoms with Crippen molar-refractivity contribution in [2.75, 3.05) is 0 Å². The predicted octanol–water partition coefficient (Wildman–Crippen LogP) is 1.74. The molecule has 1 aromatic carbocycles. The zero-order valence-corrected chi connectivity index (χ0v) is 11.8. The van der Waals surface area contributed by atoms with Crippen molar-refractivity contribution in [2.45, 2.75) is 26.5 Å². The van der Waals surface area contributed by atoms with Gasteiger partial charge in [-0.1, -0.05) is 28.1 Å². The molecule has 0 saturated heterocycles. The van der Waals surface area contributed by atoms with Crippen LogP contribution < -0.4 is 0 Å². The van der Waals surface area contributed by atoms with Crippen molar-refractivity contribution in [3.8, 4) is 11.5 Å². The summed E-state index contributed by atoms with van der Waals surface area (Å²) >= 11 is 0. The molecular weight excluding hydrogens is 270 g/mol. The molecule has 0 aliphatic rings. The maximum absolute atomic E-state index is 9.42. The molecule has 1 atom stereocenters. The van der Waals surface area contributed by atoms with Gasteiger partial charge in [0.1, 0.15) is 12.2 Å². The molecule has 0 amide bonds. The highest BCUT2D eigenvalue weighted by molar-refractivity contribution is 5.53. The van der Waals surface area contributed by atoms with E-state index in [0.29, 0.717) is 24.0 Å². The van der Waals surface area contributed by atoms with Gasteiger partial charge in [-0.2, -0.15) is 4.98 Å². The molecule has 108 valence electrons. The second-order valence-electron chi connectivity index (χ2n) is 4.90. The minimum Gasteiger partial charge on any atom is -0.387 e. The van der Waals surface area contributed by atoms with Crippen molar-refractivity contribution in [2.24, 2.45) is 0 Å². The Labute approximate surface area is 121 Å². The van der Waals surface area contributed by atoms with Crippen LogP contribution in [0, 0.1) is 6.92 Å². The SMILES string of the molecule is Cc1cccc(-c2nc(Cn3cc(C(C)O)nn3)no2)c1. The van der Waals surface area contributed by atoms with Gasteiger partial charge in [0, 0.05) is 5.56 Å². The molecular formula is C14H15N5O2. The van der Waals surface area contributed by atoms with Gasteiger partial charge in [0.05, 0.1) is 12.3 Å². The Balaban J connectivity index is 1.78. The lowest BCUT2D eigenvalue weighted by atomic mass is 10.1. The average molecular weight is 285 g/mol. The fraction of sp³-hybridized carbons (Fsp3) is 0.286. The van der Waals surface area contributed by atoms with E-state index < -0.39 is 6.10 Å². The molecule has 21 heavy (non-hydrogen) atoms. The average Bonchev–Trinajstić information content (AvgIpc) is 3.08. The first-order valence-corrected chi connectivity index (χ1v) is 6.59. The second kappa shape index (κ2) is 5.45. The van der Waals surface area contributed by atoms with Gasteiger partial charge >= 0.3 is 0 Å². The molecule has 0 bridgehead atoms. The van der Waals surface area contributed by atoms with Gasteiger partial charge in [-0.15, -0.1) is 5.10 Å². The first kappa shape index (κ1) is 13.4. The van der Waals surface area contributed by atoms with Crippen LogP contribution in [0.2, 0.25) is 0 Å². The second-order valence-corrected chi connectivity index (χ2v) is 4.90. The highest BCUT2D eigenvalue weighted by atomic mass is 16.5. The van der Waals surface area contributed by atoms with Gasteiger partial charge in [-0.25, -0.2) is 4.68 Å². The van der Waals surface area contributed by atoms with Gasteiger partial charge in [0.15, 0.2) is 5.82 Å². The quantitative estimate of drug-likeness (QED) is 0.785. The van der Waals surface area contributed by atoms with E-state index in [1.807, 2.05) is 31.2 Å². The zero-order chi connectivity index (χ0) is 14.8. The van der Waals surface area contributed by atoms with Crippen molar-refractivity contribution in [1.29, 1.82) is 0 Å². The van der Waals surface area contributed by atoms with Crippen LogP contribution in [0.15, 0.2) is 35.0 Å². The number of aryl methyl sites for hydroxylation is 1. The van der Waals surface area contributed by atoms with Crippen LogP contribution in [0.3, 0.4) is 0 Å². The number of benzene rings is 1. The highest BCUT2D eigenvalue weighted by Gasteiger charge is 2.11. The van der Waals surface area contributed by atoms with Crippen LogP contribution >= 0.6 is 0 Å². The van der Waals surface area contributed by atoms with Gasteiger partial charge in [0.2, 0.25) is 0 Å². The molecule has 3 aromatic rings. The molecule has 0 spiro atoms. The number of hydrogen-bond donors (Lipinski definition) is 1. The molecule has 2 aromatic heterocycles. The molecule has 2 heterocycles. The summed E-state index contributed by atoms with van der Waals surface area (Å²) in [5.74, 6) is 0.984. The molecule has 7 heteroatoms. The summed E-state index contributed by atoms with van der Waals surface area (Å²) in [5.41, 5.74) is 2.53. The van der Waals surface area contributed by atoms with Crippen LogP contribution in [-0.2, 0) is 6.54 Å². The fourth-order valence-corrected chi connectivity index (χ4v) is 1.94. The van der Waals surface area contributed by atoms with E-state index in [-0.39, 0.29) is 0 Å². The van der Waals surface area contributed by atoms with Crippen LogP contribution in [0.25, 0.3) is 11.5 Å². The van der Waals surface area contributed by atoms with Gasteiger partial charge in [-0.05, 0) is 26.0 Å². The van der Waals surface area contributed by atoms with Crippen molar-refractivity contribution in [3.63, 3.8) is 0 Å². The third kappa shape index (κ3) is 2.97. The summed E-state index contributed by atoms with van der Waals surface area (Å²) in [5, 5.41) is 21.1. The van der Waals surface area contributed by atoms with Crippen LogP contribution in [-0.4, -0.2) is 30.2 Å². The van der Waals surface area contributed by atoms with E-state index in [1.165, 1.54) is 0 Å². The Kier molecular flexibility index (Phi) is 3.49. The summed E-state index contributed by atoms with van der Waals surface area (Å²) in [6.07, 6.45) is 1.01. The molecule has 0 aliphatic heterocycles. The normalized spacial score (nSPS) is 12.5. The minimum absolute atomic E-state index is 0.342. The van der Waals surface area contributed by atoms with E-state index in [1.54, 1.807) is 17.8 Å².